The molecule has 0 aromatic carbocycles. The van der Waals surface area contributed by atoms with Crippen LogP contribution in [-0.2, 0) is 13.0 Å². The highest BCUT2D eigenvalue weighted by atomic mass is 19.1. The first-order chi connectivity index (χ1) is 9.26. The van der Waals surface area contributed by atoms with E-state index in [-0.39, 0.29) is 11.9 Å². The number of pyridine rings is 1. The van der Waals surface area contributed by atoms with Crippen LogP contribution in [0.1, 0.15) is 30.8 Å². The molecule has 1 unspecified atom stereocenters. The molecule has 19 heavy (non-hydrogen) atoms. The summed E-state index contributed by atoms with van der Waals surface area (Å²) in [5, 5.41) is 7.30. The maximum absolute atomic E-state index is 13.8. The Morgan fingerprint density at radius 2 is 2.32 bits per heavy atom. The second-order valence-electron chi connectivity index (χ2n) is 4.34. The maximum Gasteiger partial charge on any atom is 0.146 e. The Balaban J connectivity index is 2.19. The molecular formula is C13H18FN5. The summed E-state index contributed by atoms with van der Waals surface area (Å²) < 4.78 is 15.6. The number of halogens is 1. The van der Waals surface area contributed by atoms with Gasteiger partial charge in [0, 0.05) is 30.8 Å². The highest BCUT2D eigenvalue weighted by Gasteiger charge is 2.17. The van der Waals surface area contributed by atoms with Gasteiger partial charge in [-0.1, -0.05) is 6.92 Å². The van der Waals surface area contributed by atoms with Crippen LogP contribution in [0, 0.1) is 5.82 Å². The zero-order valence-corrected chi connectivity index (χ0v) is 11.2. The second kappa shape index (κ2) is 6.38. The molecule has 0 saturated carbocycles. The fourth-order valence-corrected chi connectivity index (χ4v) is 2.06. The molecule has 0 spiro atoms. The summed E-state index contributed by atoms with van der Waals surface area (Å²) in [5.74, 6) is 0.556. The summed E-state index contributed by atoms with van der Waals surface area (Å²) in [6.07, 6.45) is 5.96. The van der Waals surface area contributed by atoms with Crippen molar-refractivity contribution in [2.45, 2.75) is 32.4 Å². The Labute approximate surface area is 111 Å². The Hall–Kier alpha value is -1.82. The minimum Gasteiger partial charge on any atom is -0.313 e. The van der Waals surface area contributed by atoms with Crippen molar-refractivity contribution in [2.24, 2.45) is 0 Å². The minimum atomic E-state index is -0.302. The molecule has 2 rings (SSSR count). The second-order valence-corrected chi connectivity index (χ2v) is 4.34. The van der Waals surface area contributed by atoms with Gasteiger partial charge >= 0.3 is 0 Å². The van der Waals surface area contributed by atoms with Crippen LogP contribution in [0.15, 0.2) is 24.8 Å². The third-order valence-electron chi connectivity index (χ3n) is 3.05. The smallest absolute Gasteiger partial charge is 0.146 e. The largest absolute Gasteiger partial charge is 0.313 e. The van der Waals surface area contributed by atoms with E-state index in [1.807, 2.05) is 11.7 Å². The van der Waals surface area contributed by atoms with E-state index in [0.717, 1.165) is 18.8 Å². The van der Waals surface area contributed by atoms with E-state index in [1.54, 1.807) is 18.6 Å². The third-order valence-corrected chi connectivity index (χ3v) is 3.05. The number of likely N-dealkylation sites (N-methyl/N-ethyl adjacent to an activating group) is 1. The molecule has 6 heteroatoms. The SMILES string of the molecule is CCCn1ncnc1CC(NC)c1ccncc1F. The number of rotatable bonds is 6. The number of hydrogen-bond donors (Lipinski definition) is 1. The highest BCUT2D eigenvalue weighted by molar-refractivity contribution is 5.18. The summed E-state index contributed by atoms with van der Waals surface area (Å²) in [4.78, 5) is 8.02. The number of aryl methyl sites for hydroxylation is 1. The summed E-state index contributed by atoms with van der Waals surface area (Å²) >= 11 is 0. The Morgan fingerprint density at radius 3 is 3.00 bits per heavy atom. The lowest BCUT2D eigenvalue weighted by molar-refractivity contribution is 0.494. The molecule has 102 valence electrons. The molecule has 0 aliphatic rings. The normalized spacial score (nSPS) is 12.6. The Morgan fingerprint density at radius 1 is 1.47 bits per heavy atom. The lowest BCUT2D eigenvalue weighted by atomic mass is 10.0. The van der Waals surface area contributed by atoms with Gasteiger partial charge in [0.25, 0.3) is 0 Å². The van der Waals surface area contributed by atoms with Crippen LogP contribution in [0.4, 0.5) is 4.39 Å². The summed E-state index contributed by atoms with van der Waals surface area (Å²) in [6.45, 7) is 2.91. The van der Waals surface area contributed by atoms with Crippen LogP contribution >= 0.6 is 0 Å². The van der Waals surface area contributed by atoms with Gasteiger partial charge in [-0.2, -0.15) is 5.10 Å². The molecule has 0 bridgehead atoms. The topological polar surface area (TPSA) is 55.6 Å². The molecule has 2 aromatic heterocycles. The molecule has 0 amide bonds. The van der Waals surface area contributed by atoms with Crippen LogP contribution in [0.5, 0.6) is 0 Å². The summed E-state index contributed by atoms with van der Waals surface area (Å²) in [6, 6.07) is 1.56. The van der Waals surface area contributed by atoms with Gasteiger partial charge < -0.3 is 5.32 Å². The fourth-order valence-electron chi connectivity index (χ4n) is 2.06. The van der Waals surface area contributed by atoms with Crippen molar-refractivity contribution in [1.82, 2.24) is 25.1 Å². The molecule has 2 aromatic rings. The quantitative estimate of drug-likeness (QED) is 0.862. The molecule has 0 saturated heterocycles. The fraction of sp³-hybridized carbons (Fsp3) is 0.462. The number of aromatic nitrogens is 4. The van der Waals surface area contributed by atoms with E-state index < -0.39 is 0 Å². The van der Waals surface area contributed by atoms with E-state index in [0.29, 0.717) is 12.0 Å². The monoisotopic (exact) mass is 263 g/mol. The van der Waals surface area contributed by atoms with Gasteiger partial charge in [-0.25, -0.2) is 9.37 Å². The molecule has 1 N–H and O–H groups in total. The van der Waals surface area contributed by atoms with Gasteiger partial charge in [-0.15, -0.1) is 0 Å². The number of nitrogens with one attached hydrogen (secondary N) is 1. The van der Waals surface area contributed by atoms with Crippen molar-refractivity contribution < 1.29 is 4.39 Å². The zero-order chi connectivity index (χ0) is 13.7. The first-order valence-corrected chi connectivity index (χ1v) is 6.39. The van der Waals surface area contributed by atoms with Crippen molar-refractivity contribution in [1.29, 1.82) is 0 Å². The van der Waals surface area contributed by atoms with Crippen molar-refractivity contribution in [3.63, 3.8) is 0 Å². The van der Waals surface area contributed by atoms with Crippen molar-refractivity contribution in [3.8, 4) is 0 Å². The van der Waals surface area contributed by atoms with Gasteiger partial charge in [0.05, 0.1) is 6.20 Å². The van der Waals surface area contributed by atoms with Crippen molar-refractivity contribution in [2.75, 3.05) is 7.05 Å². The van der Waals surface area contributed by atoms with Gasteiger partial charge in [0.15, 0.2) is 0 Å². The first-order valence-electron chi connectivity index (χ1n) is 6.39. The van der Waals surface area contributed by atoms with Crippen LogP contribution in [0.2, 0.25) is 0 Å². The average molecular weight is 263 g/mol. The lowest BCUT2D eigenvalue weighted by Gasteiger charge is -2.17. The standard InChI is InChI=1S/C13H18FN5/c1-3-6-19-13(17-9-18-19)7-12(15-2)10-4-5-16-8-11(10)14/h4-5,8-9,12,15H,3,6-7H2,1-2H3. The van der Waals surface area contributed by atoms with Gasteiger partial charge in [-0.3, -0.25) is 9.67 Å². The Bertz CT molecular complexity index is 525. The molecule has 0 fully saturated rings. The molecule has 1 atom stereocenters. The molecule has 2 heterocycles. The predicted octanol–water partition coefficient (Wildman–Crippen LogP) is 1.73. The summed E-state index contributed by atoms with van der Waals surface area (Å²) in [7, 11) is 1.81. The van der Waals surface area contributed by atoms with Gasteiger partial charge in [0.1, 0.15) is 18.0 Å². The summed E-state index contributed by atoms with van der Waals surface area (Å²) in [5.41, 5.74) is 0.601. The van der Waals surface area contributed by atoms with Crippen molar-refractivity contribution in [3.05, 3.63) is 42.0 Å². The van der Waals surface area contributed by atoms with E-state index in [4.69, 9.17) is 0 Å². The third kappa shape index (κ3) is 3.14. The van der Waals surface area contributed by atoms with Gasteiger partial charge in [-0.05, 0) is 19.5 Å². The molecule has 0 aliphatic carbocycles. The maximum atomic E-state index is 13.8. The zero-order valence-electron chi connectivity index (χ0n) is 11.2. The van der Waals surface area contributed by atoms with Crippen LogP contribution in [0.25, 0.3) is 0 Å². The molecule has 0 aliphatic heterocycles. The van der Waals surface area contributed by atoms with E-state index in [1.165, 1.54) is 6.20 Å². The average Bonchev–Trinajstić information content (AvgIpc) is 2.85. The first kappa shape index (κ1) is 13.6. The van der Waals surface area contributed by atoms with Crippen LogP contribution in [0.3, 0.4) is 0 Å². The number of nitrogens with zero attached hydrogens (tertiary/aromatic N) is 4. The number of hydrogen-bond acceptors (Lipinski definition) is 4. The molecule has 5 nitrogen and oxygen atoms in total. The van der Waals surface area contributed by atoms with Crippen molar-refractivity contribution >= 4 is 0 Å². The lowest BCUT2D eigenvalue weighted by Crippen LogP contribution is -2.22. The predicted molar refractivity (Wildman–Crippen MR) is 70.0 cm³/mol. The Kier molecular flexibility index (Phi) is 4.57. The highest BCUT2D eigenvalue weighted by Crippen LogP contribution is 2.19. The van der Waals surface area contributed by atoms with Crippen LogP contribution in [-0.4, -0.2) is 26.8 Å². The van der Waals surface area contributed by atoms with E-state index >= 15 is 0 Å². The molecule has 0 radical (unpaired) electrons. The van der Waals surface area contributed by atoms with E-state index in [2.05, 4.69) is 27.3 Å². The molecular weight excluding hydrogens is 245 g/mol. The minimum absolute atomic E-state index is 0.136. The van der Waals surface area contributed by atoms with Gasteiger partial charge in [0.2, 0.25) is 0 Å². The van der Waals surface area contributed by atoms with E-state index in [9.17, 15) is 4.39 Å². The van der Waals surface area contributed by atoms with Crippen LogP contribution < -0.4 is 5.32 Å².